The summed E-state index contributed by atoms with van der Waals surface area (Å²) < 4.78 is 38.0. The van der Waals surface area contributed by atoms with Gasteiger partial charge in [-0.15, -0.1) is 0 Å². The Labute approximate surface area is 139 Å². The molecule has 1 aromatic carbocycles. The normalized spacial score (nSPS) is 23.5. The predicted octanol–water partition coefficient (Wildman–Crippen LogP) is 2.29. The second kappa shape index (κ2) is 6.64. The first-order chi connectivity index (χ1) is 11.5. The van der Waals surface area contributed by atoms with Crippen molar-refractivity contribution in [2.75, 3.05) is 33.4 Å². The molecule has 0 amide bonds. The molecule has 0 saturated carbocycles. The molecular weight excluding hydrogens is 320 g/mol. The van der Waals surface area contributed by atoms with E-state index < -0.39 is 29.3 Å². The van der Waals surface area contributed by atoms with E-state index >= 15 is 0 Å². The number of hydrogen-bond donors (Lipinski definition) is 1. The van der Waals surface area contributed by atoms with Crippen LogP contribution in [0.4, 0.5) is 8.78 Å². The van der Waals surface area contributed by atoms with Crippen LogP contribution in [0.2, 0.25) is 0 Å². The van der Waals surface area contributed by atoms with Crippen molar-refractivity contribution in [2.45, 2.75) is 19.4 Å². The van der Waals surface area contributed by atoms with Crippen molar-refractivity contribution in [3.05, 3.63) is 29.3 Å². The van der Waals surface area contributed by atoms with Crippen molar-refractivity contribution in [3.8, 4) is 5.75 Å². The number of benzene rings is 1. The molecule has 0 aromatic heterocycles. The van der Waals surface area contributed by atoms with Crippen molar-refractivity contribution < 1.29 is 28.2 Å². The van der Waals surface area contributed by atoms with Gasteiger partial charge in [0.25, 0.3) is 0 Å². The molecule has 24 heavy (non-hydrogen) atoms. The van der Waals surface area contributed by atoms with Crippen molar-refractivity contribution in [1.29, 1.82) is 0 Å². The van der Waals surface area contributed by atoms with Crippen LogP contribution in [0.5, 0.6) is 5.75 Å². The Morgan fingerprint density at radius 1 is 1.42 bits per heavy atom. The van der Waals surface area contributed by atoms with Gasteiger partial charge in [-0.25, -0.2) is 8.78 Å². The van der Waals surface area contributed by atoms with Gasteiger partial charge >= 0.3 is 5.97 Å². The number of hydrogen-bond acceptors (Lipinski definition) is 4. The minimum absolute atomic E-state index is 0.231. The molecular formula is C17H21F2NO4. The number of methoxy groups -OCH3 is 1. The zero-order chi connectivity index (χ0) is 17.3. The van der Waals surface area contributed by atoms with E-state index in [1.165, 1.54) is 19.2 Å². The van der Waals surface area contributed by atoms with Crippen LogP contribution < -0.4 is 4.74 Å². The highest BCUT2D eigenvalue weighted by molar-refractivity contribution is 5.72. The molecule has 1 N–H and O–H groups in total. The molecule has 3 rings (SSSR count). The van der Waals surface area contributed by atoms with E-state index in [9.17, 15) is 18.7 Å². The van der Waals surface area contributed by atoms with E-state index in [0.29, 0.717) is 44.7 Å². The van der Waals surface area contributed by atoms with Crippen LogP contribution in [0, 0.1) is 23.0 Å². The summed E-state index contributed by atoms with van der Waals surface area (Å²) in [6.07, 6.45) is 1.38. The highest BCUT2D eigenvalue weighted by Crippen LogP contribution is 2.45. The van der Waals surface area contributed by atoms with Crippen LogP contribution in [-0.2, 0) is 16.1 Å². The van der Waals surface area contributed by atoms with E-state index in [1.54, 1.807) is 0 Å². The average Bonchev–Trinajstić information content (AvgIpc) is 2.89. The molecule has 1 aromatic rings. The Morgan fingerprint density at radius 2 is 2.12 bits per heavy atom. The number of aliphatic carboxylic acids is 1. The van der Waals surface area contributed by atoms with Crippen LogP contribution >= 0.6 is 0 Å². The Hall–Kier alpha value is -1.73. The average molecular weight is 341 g/mol. The Kier molecular flexibility index (Phi) is 4.73. The van der Waals surface area contributed by atoms with Gasteiger partial charge in [0, 0.05) is 43.8 Å². The molecule has 2 heterocycles. The van der Waals surface area contributed by atoms with Gasteiger partial charge in [-0.2, -0.15) is 0 Å². The molecule has 2 aliphatic rings. The smallest absolute Gasteiger partial charge is 0.308 e. The summed E-state index contributed by atoms with van der Waals surface area (Å²) in [4.78, 5) is 13.6. The molecule has 2 aliphatic heterocycles. The van der Waals surface area contributed by atoms with Gasteiger partial charge in [-0.3, -0.25) is 9.69 Å². The SMILES string of the molecule is COc1c(F)ccc(CN2CC(C(=O)O)C3(CCOCC3)C2)c1F. The Balaban J connectivity index is 1.81. The molecule has 1 spiro atoms. The van der Waals surface area contributed by atoms with E-state index in [0.717, 1.165) is 0 Å². The van der Waals surface area contributed by atoms with Crippen molar-refractivity contribution >= 4 is 5.97 Å². The van der Waals surface area contributed by atoms with Crippen molar-refractivity contribution in [3.63, 3.8) is 0 Å². The van der Waals surface area contributed by atoms with Crippen LogP contribution in [-0.4, -0.2) is 49.4 Å². The zero-order valence-corrected chi connectivity index (χ0v) is 13.6. The number of nitrogens with zero attached hydrogens (tertiary/aromatic N) is 1. The maximum Gasteiger partial charge on any atom is 0.308 e. The first kappa shape index (κ1) is 17.1. The van der Waals surface area contributed by atoms with Gasteiger partial charge in [0.1, 0.15) is 0 Å². The fourth-order valence-corrected chi connectivity index (χ4v) is 3.94. The first-order valence-corrected chi connectivity index (χ1v) is 8.00. The van der Waals surface area contributed by atoms with Crippen LogP contribution in [0.1, 0.15) is 18.4 Å². The number of likely N-dealkylation sites (tertiary alicyclic amines) is 1. The molecule has 0 aliphatic carbocycles. The highest BCUT2D eigenvalue weighted by Gasteiger charge is 2.50. The lowest BCUT2D eigenvalue weighted by Crippen LogP contribution is -2.40. The summed E-state index contributed by atoms with van der Waals surface area (Å²) in [6.45, 7) is 2.27. The summed E-state index contributed by atoms with van der Waals surface area (Å²) in [5.41, 5.74) is -0.0218. The Morgan fingerprint density at radius 3 is 2.75 bits per heavy atom. The lowest BCUT2D eigenvalue weighted by molar-refractivity contribution is -0.147. The summed E-state index contributed by atoms with van der Waals surface area (Å²) in [7, 11) is 1.22. The zero-order valence-electron chi connectivity index (χ0n) is 13.6. The van der Waals surface area contributed by atoms with Gasteiger partial charge in [0.05, 0.1) is 13.0 Å². The maximum atomic E-state index is 14.3. The van der Waals surface area contributed by atoms with E-state index in [2.05, 4.69) is 0 Å². The van der Waals surface area contributed by atoms with Crippen LogP contribution in [0.15, 0.2) is 12.1 Å². The molecule has 2 saturated heterocycles. The lowest BCUT2D eigenvalue weighted by atomic mass is 9.72. The van der Waals surface area contributed by atoms with Crippen LogP contribution in [0.25, 0.3) is 0 Å². The fraction of sp³-hybridized carbons (Fsp3) is 0.588. The van der Waals surface area contributed by atoms with Gasteiger partial charge in [-0.05, 0) is 18.9 Å². The molecule has 7 heteroatoms. The molecule has 1 unspecified atom stereocenters. The van der Waals surface area contributed by atoms with Crippen molar-refractivity contribution in [1.82, 2.24) is 4.90 Å². The number of carbonyl (C=O) groups is 1. The van der Waals surface area contributed by atoms with Gasteiger partial charge < -0.3 is 14.6 Å². The molecule has 0 radical (unpaired) electrons. The Bertz CT molecular complexity index is 631. The number of ether oxygens (including phenoxy) is 2. The summed E-state index contributed by atoms with van der Waals surface area (Å²) in [5, 5.41) is 9.58. The maximum absolute atomic E-state index is 14.3. The topological polar surface area (TPSA) is 59.0 Å². The highest BCUT2D eigenvalue weighted by atomic mass is 19.1. The molecule has 5 nitrogen and oxygen atoms in total. The fourth-order valence-electron chi connectivity index (χ4n) is 3.94. The molecule has 0 bridgehead atoms. The number of rotatable bonds is 4. The molecule has 1 atom stereocenters. The standard InChI is InChI=1S/C17H21F2NO4/c1-23-15-13(18)3-2-11(14(15)19)8-20-9-12(16(21)22)17(10-20)4-6-24-7-5-17/h2-3,12H,4-10H2,1H3,(H,21,22). The quantitative estimate of drug-likeness (QED) is 0.911. The number of halogens is 2. The van der Waals surface area contributed by atoms with Gasteiger partial charge in [-0.1, -0.05) is 6.07 Å². The van der Waals surface area contributed by atoms with E-state index in [-0.39, 0.29) is 12.0 Å². The van der Waals surface area contributed by atoms with E-state index in [1.807, 2.05) is 4.90 Å². The summed E-state index contributed by atoms with van der Waals surface area (Å²) in [5.74, 6) is -3.19. The van der Waals surface area contributed by atoms with Gasteiger partial charge in [0.2, 0.25) is 0 Å². The van der Waals surface area contributed by atoms with E-state index in [4.69, 9.17) is 9.47 Å². The monoisotopic (exact) mass is 341 g/mol. The lowest BCUT2D eigenvalue weighted by Gasteiger charge is -2.36. The third-order valence-electron chi connectivity index (χ3n) is 5.23. The van der Waals surface area contributed by atoms with Crippen LogP contribution in [0.3, 0.4) is 0 Å². The third-order valence-corrected chi connectivity index (χ3v) is 5.23. The third kappa shape index (κ3) is 2.98. The second-order valence-electron chi connectivity index (χ2n) is 6.59. The molecule has 132 valence electrons. The number of carboxylic acid groups (broad SMARTS) is 1. The minimum Gasteiger partial charge on any atom is -0.491 e. The van der Waals surface area contributed by atoms with Crippen molar-refractivity contribution in [2.24, 2.45) is 11.3 Å². The summed E-state index contributed by atoms with van der Waals surface area (Å²) in [6, 6.07) is 2.56. The molecule has 2 fully saturated rings. The first-order valence-electron chi connectivity index (χ1n) is 8.00. The largest absolute Gasteiger partial charge is 0.491 e. The minimum atomic E-state index is -0.823. The second-order valence-corrected chi connectivity index (χ2v) is 6.59. The number of carboxylic acids is 1. The van der Waals surface area contributed by atoms with Gasteiger partial charge in [0.15, 0.2) is 17.4 Å². The summed E-state index contributed by atoms with van der Waals surface area (Å²) >= 11 is 0. The predicted molar refractivity (Wildman–Crippen MR) is 81.8 cm³/mol.